The first-order valence-corrected chi connectivity index (χ1v) is 4.71. The molecule has 0 radical (unpaired) electrons. The molecule has 1 aromatic rings. The molecule has 7 heteroatoms. The molecule has 0 heterocycles. The van der Waals surface area contributed by atoms with Crippen molar-refractivity contribution in [2.24, 2.45) is 0 Å². The third-order valence-corrected chi connectivity index (χ3v) is 2.68. The SMILES string of the molecule is Nc1cccc(S(=O)(=O)[O-])c1Cl.[Li+]. The topological polar surface area (TPSA) is 83.2 Å². The molecular weight excluding hydrogens is 209 g/mol. The van der Waals surface area contributed by atoms with Crippen molar-refractivity contribution < 1.29 is 31.8 Å². The Labute approximate surface area is 93.0 Å². The summed E-state index contributed by atoms with van der Waals surface area (Å²) in [4.78, 5) is -0.482. The molecular formula is C6H5ClLiNO3S. The number of hydrogen-bond acceptors (Lipinski definition) is 4. The Bertz CT molecular complexity index is 406. The van der Waals surface area contributed by atoms with Gasteiger partial charge in [0.25, 0.3) is 0 Å². The molecule has 0 saturated carbocycles. The Kier molecular flexibility index (Phi) is 4.29. The van der Waals surface area contributed by atoms with Gasteiger partial charge >= 0.3 is 18.9 Å². The Morgan fingerprint density at radius 2 is 1.92 bits per heavy atom. The van der Waals surface area contributed by atoms with Crippen molar-refractivity contribution in [1.82, 2.24) is 0 Å². The molecule has 0 atom stereocenters. The zero-order chi connectivity index (χ0) is 9.35. The van der Waals surface area contributed by atoms with Gasteiger partial charge in [-0.1, -0.05) is 17.7 Å². The fourth-order valence-electron chi connectivity index (χ4n) is 0.721. The minimum Gasteiger partial charge on any atom is -0.744 e. The maximum absolute atomic E-state index is 10.5. The van der Waals surface area contributed by atoms with E-state index in [1.165, 1.54) is 12.1 Å². The van der Waals surface area contributed by atoms with Crippen molar-refractivity contribution in [2.75, 3.05) is 5.73 Å². The Hall–Kier alpha value is -0.183. The summed E-state index contributed by atoms with van der Waals surface area (Å²) < 4.78 is 31.5. The second kappa shape index (κ2) is 4.36. The summed E-state index contributed by atoms with van der Waals surface area (Å²) in [7, 11) is -4.52. The van der Waals surface area contributed by atoms with E-state index >= 15 is 0 Å². The van der Waals surface area contributed by atoms with Gasteiger partial charge < -0.3 is 10.3 Å². The van der Waals surface area contributed by atoms with Gasteiger partial charge in [-0.05, 0) is 12.1 Å². The van der Waals surface area contributed by atoms with E-state index in [0.29, 0.717) is 0 Å². The third-order valence-electron chi connectivity index (χ3n) is 1.26. The zero-order valence-corrected chi connectivity index (χ0v) is 8.39. The van der Waals surface area contributed by atoms with Crippen LogP contribution in [0.25, 0.3) is 0 Å². The largest absolute Gasteiger partial charge is 1.00 e. The number of hydrogen-bond donors (Lipinski definition) is 1. The Morgan fingerprint density at radius 1 is 1.38 bits per heavy atom. The smallest absolute Gasteiger partial charge is 0.744 e. The van der Waals surface area contributed by atoms with Crippen LogP contribution in [-0.4, -0.2) is 13.0 Å². The van der Waals surface area contributed by atoms with Gasteiger partial charge in [-0.15, -0.1) is 0 Å². The molecule has 0 bridgehead atoms. The first-order chi connectivity index (χ1) is 5.43. The monoisotopic (exact) mass is 213 g/mol. The summed E-state index contributed by atoms with van der Waals surface area (Å²) in [5.41, 5.74) is 5.36. The van der Waals surface area contributed by atoms with Gasteiger partial charge in [0.2, 0.25) is 0 Å². The van der Waals surface area contributed by atoms with Gasteiger partial charge in [0.1, 0.15) is 10.1 Å². The van der Waals surface area contributed by atoms with E-state index in [-0.39, 0.29) is 29.6 Å². The van der Waals surface area contributed by atoms with Crippen molar-refractivity contribution in [3.8, 4) is 0 Å². The number of benzene rings is 1. The van der Waals surface area contributed by atoms with Crippen LogP contribution in [0.4, 0.5) is 5.69 Å². The summed E-state index contributed by atoms with van der Waals surface area (Å²) >= 11 is 5.47. The van der Waals surface area contributed by atoms with Gasteiger partial charge in [-0.25, -0.2) is 8.42 Å². The number of halogens is 1. The molecule has 0 aliphatic rings. The van der Waals surface area contributed by atoms with E-state index in [4.69, 9.17) is 17.3 Å². The molecule has 0 aromatic heterocycles. The van der Waals surface area contributed by atoms with Crippen LogP contribution in [0, 0.1) is 0 Å². The number of nitrogens with two attached hydrogens (primary N) is 1. The average Bonchev–Trinajstić information content (AvgIpc) is 1.92. The zero-order valence-electron chi connectivity index (χ0n) is 6.82. The van der Waals surface area contributed by atoms with Crippen molar-refractivity contribution in [1.29, 1.82) is 0 Å². The Balaban J connectivity index is 0.00000144. The van der Waals surface area contributed by atoms with Gasteiger partial charge in [-0.3, -0.25) is 0 Å². The molecule has 2 N–H and O–H groups in total. The van der Waals surface area contributed by atoms with E-state index in [0.717, 1.165) is 6.07 Å². The standard InChI is InChI=1S/C6H6ClNO3S.Li/c7-6-4(8)2-1-3-5(6)12(9,10)11;/h1-3H,8H2,(H,9,10,11);/q;+1/p-1. The van der Waals surface area contributed by atoms with E-state index in [1.54, 1.807) is 0 Å². The first-order valence-electron chi connectivity index (χ1n) is 2.93. The van der Waals surface area contributed by atoms with E-state index < -0.39 is 15.0 Å². The molecule has 13 heavy (non-hydrogen) atoms. The molecule has 0 unspecified atom stereocenters. The number of rotatable bonds is 1. The average molecular weight is 214 g/mol. The molecule has 1 rings (SSSR count). The summed E-state index contributed by atoms with van der Waals surface area (Å²) in [6.07, 6.45) is 0. The summed E-state index contributed by atoms with van der Waals surface area (Å²) in [5.74, 6) is 0. The maximum Gasteiger partial charge on any atom is 1.00 e. The number of anilines is 1. The quantitative estimate of drug-likeness (QED) is 0.327. The Morgan fingerprint density at radius 3 is 2.31 bits per heavy atom. The summed E-state index contributed by atoms with van der Waals surface area (Å²) in [5, 5.41) is -0.215. The molecule has 1 aromatic carbocycles. The number of nitrogen functional groups attached to an aromatic ring is 1. The normalized spacial score (nSPS) is 10.6. The molecule has 4 nitrogen and oxygen atoms in total. The van der Waals surface area contributed by atoms with Crippen LogP contribution < -0.4 is 24.6 Å². The molecule has 0 saturated heterocycles. The summed E-state index contributed by atoms with van der Waals surface area (Å²) in [6, 6.07) is 3.88. The molecule has 0 aliphatic carbocycles. The maximum atomic E-state index is 10.5. The molecule has 0 spiro atoms. The molecule has 0 fully saturated rings. The fraction of sp³-hybridized carbons (Fsp3) is 0. The fourth-order valence-corrected chi connectivity index (χ4v) is 1.71. The van der Waals surface area contributed by atoms with Crippen LogP contribution in [0.3, 0.4) is 0 Å². The minimum atomic E-state index is -4.52. The van der Waals surface area contributed by atoms with E-state index in [9.17, 15) is 13.0 Å². The molecule has 0 aliphatic heterocycles. The third kappa shape index (κ3) is 2.90. The molecule has 66 valence electrons. The van der Waals surface area contributed by atoms with Crippen molar-refractivity contribution in [3.63, 3.8) is 0 Å². The van der Waals surface area contributed by atoms with Crippen LogP contribution in [0.2, 0.25) is 5.02 Å². The predicted molar refractivity (Wildman–Crippen MR) is 43.8 cm³/mol. The first kappa shape index (κ1) is 12.8. The minimum absolute atomic E-state index is 0. The van der Waals surface area contributed by atoms with Gasteiger partial charge in [0, 0.05) is 0 Å². The predicted octanol–water partition coefficient (Wildman–Crippen LogP) is -2.17. The van der Waals surface area contributed by atoms with Crippen molar-refractivity contribution >= 4 is 27.4 Å². The van der Waals surface area contributed by atoms with Gasteiger partial charge in [0.15, 0.2) is 0 Å². The van der Waals surface area contributed by atoms with Crippen LogP contribution in [0.1, 0.15) is 0 Å². The van der Waals surface area contributed by atoms with Gasteiger partial charge in [-0.2, -0.15) is 0 Å². The molecule has 0 amide bonds. The van der Waals surface area contributed by atoms with E-state index in [2.05, 4.69) is 0 Å². The van der Waals surface area contributed by atoms with Crippen molar-refractivity contribution in [3.05, 3.63) is 23.2 Å². The van der Waals surface area contributed by atoms with E-state index in [1.807, 2.05) is 0 Å². The second-order valence-electron chi connectivity index (χ2n) is 2.11. The van der Waals surface area contributed by atoms with Crippen LogP contribution >= 0.6 is 11.6 Å². The van der Waals surface area contributed by atoms with Crippen LogP contribution in [0.15, 0.2) is 23.1 Å². The second-order valence-corrected chi connectivity index (χ2v) is 3.84. The van der Waals surface area contributed by atoms with Crippen LogP contribution in [-0.2, 0) is 10.1 Å². The van der Waals surface area contributed by atoms with Crippen molar-refractivity contribution in [2.45, 2.75) is 4.90 Å². The van der Waals surface area contributed by atoms with Crippen LogP contribution in [0.5, 0.6) is 0 Å². The summed E-state index contributed by atoms with van der Waals surface area (Å²) in [6.45, 7) is 0. The van der Waals surface area contributed by atoms with Gasteiger partial charge in [0.05, 0.1) is 15.6 Å².